The van der Waals surface area contributed by atoms with E-state index in [1.54, 1.807) is 6.20 Å². The molecule has 0 bridgehead atoms. The fraction of sp³-hybridized carbons (Fsp3) is 0.733. The smallest absolute Gasteiger partial charge is 0.234 e. The Morgan fingerprint density at radius 3 is 3.05 bits per heavy atom. The van der Waals surface area contributed by atoms with Crippen molar-refractivity contribution in [3.63, 3.8) is 0 Å². The average Bonchev–Trinajstić information content (AvgIpc) is 2.51. The fourth-order valence-corrected chi connectivity index (χ4v) is 2.58. The zero-order valence-electron chi connectivity index (χ0n) is 12.6. The van der Waals surface area contributed by atoms with Crippen molar-refractivity contribution < 1.29 is 4.74 Å². The highest BCUT2D eigenvalue weighted by Crippen LogP contribution is 2.23. The monoisotopic (exact) mass is 278 g/mol. The summed E-state index contributed by atoms with van der Waals surface area (Å²) >= 11 is 0. The minimum absolute atomic E-state index is 0.513. The van der Waals surface area contributed by atoms with Crippen LogP contribution in [0, 0.1) is 0 Å². The third kappa shape index (κ3) is 4.07. The molecule has 5 nitrogen and oxygen atoms in total. The second-order valence-corrected chi connectivity index (χ2v) is 5.21. The standard InChI is InChI=1S/C15H26N4O/c1-3-9-20-15-12-17-11-14(18-15)19-8-6-5-7-13(19)10-16-4-2/h11-13,16H,3-10H2,1-2H3. The minimum Gasteiger partial charge on any atom is -0.477 e. The Labute approximate surface area is 121 Å². The molecule has 0 spiro atoms. The number of ether oxygens (including phenoxy) is 1. The van der Waals surface area contributed by atoms with Crippen molar-refractivity contribution >= 4 is 5.82 Å². The van der Waals surface area contributed by atoms with Gasteiger partial charge in [0, 0.05) is 19.1 Å². The Morgan fingerprint density at radius 1 is 1.35 bits per heavy atom. The van der Waals surface area contributed by atoms with E-state index in [1.165, 1.54) is 19.3 Å². The molecule has 1 aromatic heterocycles. The first-order valence-corrected chi connectivity index (χ1v) is 7.77. The summed E-state index contributed by atoms with van der Waals surface area (Å²) in [5.74, 6) is 1.58. The Balaban J connectivity index is 2.06. The van der Waals surface area contributed by atoms with Crippen LogP contribution >= 0.6 is 0 Å². The van der Waals surface area contributed by atoms with E-state index in [1.807, 2.05) is 6.20 Å². The van der Waals surface area contributed by atoms with E-state index in [-0.39, 0.29) is 0 Å². The van der Waals surface area contributed by atoms with Gasteiger partial charge in [-0.05, 0) is 32.2 Å². The van der Waals surface area contributed by atoms with Crippen molar-refractivity contribution in [3.8, 4) is 5.88 Å². The zero-order chi connectivity index (χ0) is 14.2. The number of hydrogen-bond donors (Lipinski definition) is 1. The summed E-state index contributed by atoms with van der Waals surface area (Å²) in [5, 5.41) is 3.45. The molecule has 1 saturated heterocycles. The van der Waals surface area contributed by atoms with Gasteiger partial charge in [-0.15, -0.1) is 0 Å². The molecule has 2 heterocycles. The number of nitrogens with one attached hydrogen (secondary N) is 1. The summed E-state index contributed by atoms with van der Waals surface area (Å²) in [6, 6.07) is 0.513. The lowest BCUT2D eigenvalue weighted by Gasteiger charge is -2.36. The first-order chi connectivity index (χ1) is 9.85. The van der Waals surface area contributed by atoms with Gasteiger partial charge in [-0.3, -0.25) is 4.98 Å². The van der Waals surface area contributed by atoms with Gasteiger partial charge in [0.15, 0.2) is 5.82 Å². The van der Waals surface area contributed by atoms with Crippen LogP contribution in [0.2, 0.25) is 0 Å². The molecule has 0 radical (unpaired) electrons. The predicted molar refractivity (Wildman–Crippen MR) is 81.3 cm³/mol. The lowest BCUT2D eigenvalue weighted by Crippen LogP contribution is -2.46. The molecule has 1 atom stereocenters. The van der Waals surface area contributed by atoms with Crippen LogP contribution in [-0.4, -0.2) is 42.3 Å². The first-order valence-electron chi connectivity index (χ1n) is 7.77. The highest BCUT2D eigenvalue weighted by Gasteiger charge is 2.23. The lowest BCUT2D eigenvalue weighted by atomic mass is 10.0. The Hall–Kier alpha value is -1.36. The van der Waals surface area contributed by atoms with Crippen LogP contribution in [0.15, 0.2) is 12.4 Å². The highest BCUT2D eigenvalue weighted by molar-refractivity contribution is 5.39. The van der Waals surface area contributed by atoms with Crippen LogP contribution in [0.5, 0.6) is 5.88 Å². The van der Waals surface area contributed by atoms with Gasteiger partial charge in [0.25, 0.3) is 0 Å². The maximum Gasteiger partial charge on any atom is 0.234 e. The number of rotatable bonds is 7. The van der Waals surface area contributed by atoms with E-state index in [9.17, 15) is 0 Å². The summed E-state index contributed by atoms with van der Waals surface area (Å²) < 4.78 is 5.59. The molecule has 20 heavy (non-hydrogen) atoms. The zero-order valence-corrected chi connectivity index (χ0v) is 12.6. The van der Waals surface area contributed by atoms with E-state index in [0.29, 0.717) is 18.5 Å². The minimum atomic E-state index is 0.513. The van der Waals surface area contributed by atoms with Crippen molar-refractivity contribution in [2.24, 2.45) is 0 Å². The predicted octanol–water partition coefficient (Wildman–Crippen LogP) is 2.23. The van der Waals surface area contributed by atoms with Gasteiger partial charge < -0.3 is 15.0 Å². The topological polar surface area (TPSA) is 50.3 Å². The van der Waals surface area contributed by atoms with Crippen molar-refractivity contribution in [2.75, 3.05) is 31.1 Å². The van der Waals surface area contributed by atoms with E-state index in [4.69, 9.17) is 4.74 Å². The van der Waals surface area contributed by atoms with E-state index >= 15 is 0 Å². The molecule has 1 aliphatic heterocycles. The molecule has 0 saturated carbocycles. The summed E-state index contributed by atoms with van der Waals surface area (Å²) in [7, 11) is 0. The van der Waals surface area contributed by atoms with Crippen LogP contribution in [-0.2, 0) is 0 Å². The Morgan fingerprint density at radius 2 is 2.25 bits per heavy atom. The lowest BCUT2D eigenvalue weighted by molar-refractivity contribution is 0.303. The van der Waals surface area contributed by atoms with Crippen molar-refractivity contribution in [3.05, 3.63) is 12.4 Å². The molecule has 1 aliphatic rings. The van der Waals surface area contributed by atoms with Crippen molar-refractivity contribution in [1.82, 2.24) is 15.3 Å². The SMILES string of the molecule is CCCOc1cncc(N2CCCCC2CNCC)n1. The number of aromatic nitrogens is 2. The number of anilines is 1. The van der Waals surface area contributed by atoms with Gasteiger partial charge in [-0.1, -0.05) is 13.8 Å². The molecule has 0 aliphatic carbocycles. The summed E-state index contributed by atoms with van der Waals surface area (Å²) in [6.45, 7) is 8.01. The molecule has 1 fully saturated rings. The number of nitrogens with zero attached hydrogens (tertiary/aromatic N) is 3. The van der Waals surface area contributed by atoms with E-state index < -0.39 is 0 Å². The van der Waals surface area contributed by atoms with E-state index in [2.05, 4.69) is 34.0 Å². The Kier molecular flexibility index (Phi) is 6.05. The molecule has 0 amide bonds. The summed E-state index contributed by atoms with van der Waals surface area (Å²) in [6.07, 6.45) is 8.27. The average molecular weight is 278 g/mol. The van der Waals surface area contributed by atoms with Gasteiger partial charge in [-0.2, -0.15) is 4.98 Å². The Bertz CT molecular complexity index is 399. The van der Waals surface area contributed by atoms with Crippen molar-refractivity contribution in [2.45, 2.75) is 45.6 Å². The van der Waals surface area contributed by atoms with Gasteiger partial charge in [0.1, 0.15) is 0 Å². The van der Waals surface area contributed by atoms with Gasteiger partial charge in [-0.25, -0.2) is 0 Å². The molecule has 2 rings (SSSR count). The van der Waals surface area contributed by atoms with Crippen LogP contribution < -0.4 is 15.0 Å². The molecule has 112 valence electrons. The second kappa shape index (κ2) is 8.04. The molecular weight excluding hydrogens is 252 g/mol. The molecule has 1 N–H and O–H groups in total. The summed E-state index contributed by atoms with van der Waals surface area (Å²) in [5.41, 5.74) is 0. The van der Waals surface area contributed by atoms with Crippen LogP contribution in [0.1, 0.15) is 39.5 Å². The first kappa shape index (κ1) is 15.0. The third-order valence-corrected chi connectivity index (χ3v) is 3.61. The molecule has 0 aromatic carbocycles. The van der Waals surface area contributed by atoms with Crippen LogP contribution in [0.3, 0.4) is 0 Å². The maximum absolute atomic E-state index is 5.59. The normalized spacial score (nSPS) is 19.1. The summed E-state index contributed by atoms with van der Waals surface area (Å²) in [4.78, 5) is 11.3. The van der Waals surface area contributed by atoms with E-state index in [0.717, 1.165) is 31.9 Å². The fourth-order valence-electron chi connectivity index (χ4n) is 2.58. The molecular formula is C15H26N4O. The maximum atomic E-state index is 5.59. The quantitative estimate of drug-likeness (QED) is 0.829. The largest absolute Gasteiger partial charge is 0.477 e. The number of piperidine rings is 1. The van der Waals surface area contributed by atoms with Gasteiger partial charge >= 0.3 is 0 Å². The second-order valence-electron chi connectivity index (χ2n) is 5.21. The number of likely N-dealkylation sites (N-methyl/N-ethyl adjacent to an activating group) is 1. The van der Waals surface area contributed by atoms with Crippen LogP contribution in [0.25, 0.3) is 0 Å². The van der Waals surface area contributed by atoms with Gasteiger partial charge in [0.05, 0.1) is 19.0 Å². The third-order valence-electron chi connectivity index (χ3n) is 3.61. The van der Waals surface area contributed by atoms with Crippen molar-refractivity contribution in [1.29, 1.82) is 0 Å². The molecule has 5 heteroatoms. The number of hydrogen-bond acceptors (Lipinski definition) is 5. The molecule has 1 unspecified atom stereocenters. The van der Waals surface area contributed by atoms with Crippen LogP contribution in [0.4, 0.5) is 5.82 Å². The highest BCUT2D eigenvalue weighted by atomic mass is 16.5. The molecule has 1 aromatic rings. The van der Waals surface area contributed by atoms with Gasteiger partial charge in [0.2, 0.25) is 5.88 Å².